The van der Waals surface area contributed by atoms with E-state index in [9.17, 15) is 9.59 Å². The molecule has 2 amide bonds. The van der Waals surface area contributed by atoms with Gasteiger partial charge >= 0.3 is 0 Å². The fourth-order valence-electron chi connectivity index (χ4n) is 1.05. The Morgan fingerprint density at radius 2 is 1.93 bits per heavy atom. The van der Waals surface area contributed by atoms with Crippen molar-refractivity contribution in [2.24, 2.45) is 11.7 Å². The number of carbonyl (C=O) groups excluding carboxylic acids is 2. The Morgan fingerprint density at radius 3 is 2.29 bits per heavy atom. The van der Waals surface area contributed by atoms with Crippen molar-refractivity contribution in [3.8, 4) is 0 Å². The molecule has 0 heterocycles. The lowest BCUT2D eigenvalue weighted by Crippen LogP contribution is -2.48. The number of hydrogen-bond donors (Lipinski definition) is 3. The van der Waals surface area contributed by atoms with Gasteiger partial charge in [-0.05, 0) is 13.0 Å². The molecule has 0 aromatic carbocycles. The Hall–Kier alpha value is -1.10. The summed E-state index contributed by atoms with van der Waals surface area (Å²) in [7, 11) is 1.77. The lowest BCUT2D eigenvalue weighted by atomic mass is 10.0. The molecule has 0 aliphatic heterocycles. The number of amides is 2. The molecule has 14 heavy (non-hydrogen) atoms. The zero-order valence-corrected chi connectivity index (χ0v) is 8.96. The summed E-state index contributed by atoms with van der Waals surface area (Å²) in [6.07, 6.45) is 0.354. The van der Waals surface area contributed by atoms with E-state index in [1.54, 1.807) is 7.05 Å². The van der Waals surface area contributed by atoms with Gasteiger partial charge in [0.2, 0.25) is 11.8 Å². The largest absolute Gasteiger partial charge is 0.368 e. The number of primary amides is 1. The second-order valence-electron chi connectivity index (χ2n) is 3.55. The molecule has 0 aromatic heterocycles. The highest BCUT2D eigenvalue weighted by Crippen LogP contribution is 2.00. The van der Waals surface area contributed by atoms with Crippen LogP contribution in [0.1, 0.15) is 20.3 Å². The van der Waals surface area contributed by atoms with Crippen LogP contribution < -0.4 is 16.4 Å². The van der Waals surface area contributed by atoms with E-state index >= 15 is 0 Å². The first-order chi connectivity index (χ1) is 6.49. The van der Waals surface area contributed by atoms with E-state index in [-0.39, 0.29) is 11.8 Å². The quantitative estimate of drug-likeness (QED) is 0.527. The maximum atomic E-state index is 11.3. The highest BCUT2D eigenvalue weighted by atomic mass is 16.2. The van der Waals surface area contributed by atoms with Crippen LogP contribution in [0.15, 0.2) is 0 Å². The summed E-state index contributed by atoms with van der Waals surface area (Å²) in [5.74, 6) is -0.624. The first-order valence-electron chi connectivity index (χ1n) is 4.72. The van der Waals surface area contributed by atoms with Gasteiger partial charge in [0.1, 0.15) is 6.04 Å². The Labute approximate surface area is 84.4 Å². The molecule has 0 aliphatic rings. The summed E-state index contributed by atoms with van der Waals surface area (Å²) < 4.78 is 0. The van der Waals surface area contributed by atoms with Crippen LogP contribution in [-0.2, 0) is 9.59 Å². The number of rotatable bonds is 6. The highest BCUT2D eigenvalue weighted by Gasteiger charge is 2.20. The standard InChI is InChI=1S/C9H19N3O2/c1-6(2)8(9(10)14)12-7(13)4-5-11-3/h6,8,11H,4-5H2,1-3H3,(H2,10,14)(H,12,13). The van der Waals surface area contributed by atoms with Gasteiger partial charge in [0.25, 0.3) is 0 Å². The van der Waals surface area contributed by atoms with Crippen LogP contribution in [0, 0.1) is 5.92 Å². The molecule has 1 atom stereocenters. The van der Waals surface area contributed by atoms with Crippen molar-refractivity contribution in [3.63, 3.8) is 0 Å². The minimum absolute atomic E-state index is 0.0195. The third-order valence-electron chi connectivity index (χ3n) is 1.89. The topological polar surface area (TPSA) is 84.2 Å². The zero-order chi connectivity index (χ0) is 11.1. The molecule has 0 spiro atoms. The summed E-state index contributed by atoms with van der Waals surface area (Å²) in [6, 6.07) is -0.570. The third-order valence-corrected chi connectivity index (χ3v) is 1.89. The monoisotopic (exact) mass is 201 g/mol. The Kier molecular flexibility index (Phi) is 5.87. The molecule has 5 heteroatoms. The lowest BCUT2D eigenvalue weighted by Gasteiger charge is -2.18. The van der Waals surface area contributed by atoms with Crippen molar-refractivity contribution in [2.75, 3.05) is 13.6 Å². The molecule has 0 bridgehead atoms. The van der Waals surface area contributed by atoms with Crippen LogP contribution in [-0.4, -0.2) is 31.4 Å². The first kappa shape index (κ1) is 12.9. The predicted octanol–water partition coefficient (Wildman–Crippen LogP) is -0.778. The second kappa shape index (κ2) is 6.37. The molecule has 82 valence electrons. The van der Waals surface area contributed by atoms with Crippen molar-refractivity contribution < 1.29 is 9.59 Å². The molecular formula is C9H19N3O2. The van der Waals surface area contributed by atoms with E-state index < -0.39 is 11.9 Å². The summed E-state index contributed by atoms with van der Waals surface area (Å²) in [5, 5.41) is 5.45. The molecular weight excluding hydrogens is 182 g/mol. The van der Waals surface area contributed by atoms with Crippen LogP contribution >= 0.6 is 0 Å². The molecule has 4 N–H and O–H groups in total. The molecule has 0 aromatic rings. The fraction of sp³-hybridized carbons (Fsp3) is 0.778. The van der Waals surface area contributed by atoms with Gasteiger partial charge in [0.15, 0.2) is 0 Å². The SMILES string of the molecule is CNCCC(=O)NC(C(N)=O)C(C)C. The van der Waals surface area contributed by atoms with E-state index in [4.69, 9.17) is 5.73 Å². The molecule has 0 saturated heterocycles. The zero-order valence-electron chi connectivity index (χ0n) is 8.96. The van der Waals surface area contributed by atoms with Gasteiger partial charge in [0, 0.05) is 13.0 Å². The summed E-state index contributed by atoms with van der Waals surface area (Å²) in [5.41, 5.74) is 5.15. The molecule has 0 aliphatic carbocycles. The fourth-order valence-corrected chi connectivity index (χ4v) is 1.05. The average molecular weight is 201 g/mol. The van der Waals surface area contributed by atoms with Crippen molar-refractivity contribution in [3.05, 3.63) is 0 Å². The third kappa shape index (κ3) is 4.81. The highest BCUT2D eigenvalue weighted by molar-refractivity contribution is 5.86. The predicted molar refractivity (Wildman–Crippen MR) is 54.5 cm³/mol. The van der Waals surface area contributed by atoms with Gasteiger partial charge in [-0.2, -0.15) is 0 Å². The number of hydrogen-bond acceptors (Lipinski definition) is 3. The summed E-state index contributed by atoms with van der Waals surface area (Å²) in [6.45, 7) is 4.27. The minimum atomic E-state index is -0.570. The summed E-state index contributed by atoms with van der Waals surface area (Å²) in [4.78, 5) is 22.2. The smallest absolute Gasteiger partial charge is 0.240 e. The average Bonchev–Trinajstić information content (AvgIpc) is 2.09. The van der Waals surface area contributed by atoms with E-state index in [0.717, 1.165) is 0 Å². The van der Waals surface area contributed by atoms with Gasteiger partial charge in [-0.15, -0.1) is 0 Å². The Balaban J connectivity index is 4.04. The van der Waals surface area contributed by atoms with Crippen LogP contribution in [0.5, 0.6) is 0 Å². The maximum absolute atomic E-state index is 11.3. The lowest BCUT2D eigenvalue weighted by molar-refractivity contribution is -0.128. The molecule has 1 unspecified atom stereocenters. The van der Waals surface area contributed by atoms with Gasteiger partial charge < -0.3 is 16.4 Å². The van der Waals surface area contributed by atoms with Gasteiger partial charge in [-0.25, -0.2) is 0 Å². The van der Waals surface area contributed by atoms with Crippen molar-refractivity contribution in [1.82, 2.24) is 10.6 Å². The second-order valence-corrected chi connectivity index (χ2v) is 3.55. The van der Waals surface area contributed by atoms with Crippen LogP contribution in [0.2, 0.25) is 0 Å². The van der Waals surface area contributed by atoms with Gasteiger partial charge in [-0.1, -0.05) is 13.8 Å². The molecule has 0 saturated carbocycles. The molecule has 0 rings (SSSR count). The molecule has 0 radical (unpaired) electrons. The minimum Gasteiger partial charge on any atom is -0.368 e. The van der Waals surface area contributed by atoms with E-state index in [2.05, 4.69) is 10.6 Å². The maximum Gasteiger partial charge on any atom is 0.240 e. The first-order valence-corrected chi connectivity index (χ1v) is 4.72. The van der Waals surface area contributed by atoms with Gasteiger partial charge in [0.05, 0.1) is 0 Å². The number of carbonyl (C=O) groups is 2. The molecule has 0 fully saturated rings. The summed E-state index contributed by atoms with van der Waals surface area (Å²) >= 11 is 0. The Morgan fingerprint density at radius 1 is 1.36 bits per heavy atom. The van der Waals surface area contributed by atoms with Crippen molar-refractivity contribution >= 4 is 11.8 Å². The van der Waals surface area contributed by atoms with Crippen molar-refractivity contribution in [2.45, 2.75) is 26.3 Å². The number of nitrogens with two attached hydrogens (primary N) is 1. The van der Waals surface area contributed by atoms with E-state index in [0.29, 0.717) is 13.0 Å². The number of nitrogens with one attached hydrogen (secondary N) is 2. The van der Waals surface area contributed by atoms with Gasteiger partial charge in [-0.3, -0.25) is 9.59 Å². The Bertz CT molecular complexity index is 204. The van der Waals surface area contributed by atoms with E-state index in [1.165, 1.54) is 0 Å². The van der Waals surface area contributed by atoms with Crippen LogP contribution in [0.25, 0.3) is 0 Å². The van der Waals surface area contributed by atoms with E-state index in [1.807, 2.05) is 13.8 Å². The van der Waals surface area contributed by atoms with Crippen molar-refractivity contribution in [1.29, 1.82) is 0 Å². The van der Waals surface area contributed by atoms with Crippen LogP contribution in [0.3, 0.4) is 0 Å². The molecule has 5 nitrogen and oxygen atoms in total. The van der Waals surface area contributed by atoms with Crippen LogP contribution in [0.4, 0.5) is 0 Å². The normalized spacial score (nSPS) is 12.6.